The molecule has 128 valence electrons. The van der Waals surface area contributed by atoms with Crippen molar-refractivity contribution in [1.29, 1.82) is 0 Å². The van der Waals surface area contributed by atoms with Crippen molar-refractivity contribution in [1.82, 2.24) is 5.32 Å². The van der Waals surface area contributed by atoms with Crippen LogP contribution in [0.15, 0.2) is 30.3 Å². The van der Waals surface area contributed by atoms with Gasteiger partial charge in [-0.3, -0.25) is 4.79 Å². The maximum Gasteiger partial charge on any atom is 0.251 e. The molecule has 0 spiro atoms. The topological polar surface area (TPSA) is 29.1 Å². The summed E-state index contributed by atoms with van der Waals surface area (Å²) in [6, 6.07) is 8.64. The summed E-state index contributed by atoms with van der Waals surface area (Å²) in [4.78, 5) is 12.3. The number of nitrogens with one attached hydrogen (secondary N) is 1. The maximum atomic E-state index is 13.7. The van der Waals surface area contributed by atoms with E-state index in [0.29, 0.717) is 34.2 Å². The monoisotopic (exact) mass is 365 g/mol. The summed E-state index contributed by atoms with van der Waals surface area (Å²) < 4.78 is 13.7. The molecule has 0 radical (unpaired) electrons. The highest BCUT2D eigenvalue weighted by molar-refractivity contribution is 7.98. The predicted molar refractivity (Wildman–Crippen MR) is 101 cm³/mol. The average Bonchev–Trinajstić information content (AvgIpc) is 2.52. The lowest BCUT2D eigenvalue weighted by Crippen LogP contribution is -2.26. The number of amides is 1. The van der Waals surface area contributed by atoms with Crippen molar-refractivity contribution in [2.45, 2.75) is 26.5 Å². The zero-order valence-electron chi connectivity index (χ0n) is 14.1. The second-order valence-electron chi connectivity index (χ2n) is 5.76. The first-order chi connectivity index (χ1) is 11.4. The van der Waals surface area contributed by atoms with Gasteiger partial charge in [0.2, 0.25) is 0 Å². The van der Waals surface area contributed by atoms with Crippen molar-refractivity contribution < 1.29 is 9.18 Å². The summed E-state index contributed by atoms with van der Waals surface area (Å²) in [6.45, 7) is 6.51. The molecule has 2 rings (SSSR count). The van der Waals surface area contributed by atoms with E-state index in [9.17, 15) is 9.18 Å². The van der Waals surface area contributed by atoms with Crippen LogP contribution >= 0.6 is 23.4 Å². The Morgan fingerprint density at radius 1 is 1.17 bits per heavy atom. The van der Waals surface area contributed by atoms with Crippen molar-refractivity contribution in [3.63, 3.8) is 0 Å². The molecule has 0 saturated carbocycles. The van der Waals surface area contributed by atoms with E-state index in [4.69, 9.17) is 11.6 Å². The molecule has 2 nitrogen and oxygen atoms in total. The number of rotatable bonds is 6. The summed E-state index contributed by atoms with van der Waals surface area (Å²) in [6.07, 6.45) is 0. The SMILES string of the molecule is Cc1cc(C)c(C(=O)NCCSCc2c(F)cccc2Cl)cc1C. The van der Waals surface area contributed by atoms with Gasteiger partial charge in [0.25, 0.3) is 5.91 Å². The number of carbonyl (C=O) groups excluding carboxylic acids is 1. The minimum atomic E-state index is -0.287. The van der Waals surface area contributed by atoms with E-state index in [2.05, 4.69) is 5.32 Å². The molecule has 2 aromatic carbocycles. The Bertz CT molecular complexity index is 728. The number of benzene rings is 2. The number of hydrogen-bond acceptors (Lipinski definition) is 2. The number of thioether (sulfide) groups is 1. The zero-order chi connectivity index (χ0) is 17.7. The molecular weight excluding hydrogens is 345 g/mol. The summed E-state index contributed by atoms with van der Waals surface area (Å²) in [5.74, 6) is 0.828. The molecule has 0 aromatic heterocycles. The van der Waals surface area contributed by atoms with Gasteiger partial charge in [-0.1, -0.05) is 23.7 Å². The molecule has 1 N–H and O–H groups in total. The minimum Gasteiger partial charge on any atom is -0.351 e. The fourth-order valence-corrected chi connectivity index (χ4v) is 3.58. The lowest BCUT2D eigenvalue weighted by Gasteiger charge is -2.11. The fraction of sp³-hybridized carbons (Fsp3) is 0.316. The molecule has 0 heterocycles. The molecule has 0 fully saturated rings. The normalized spacial score (nSPS) is 10.7. The lowest BCUT2D eigenvalue weighted by molar-refractivity contribution is 0.0955. The number of hydrogen-bond donors (Lipinski definition) is 1. The van der Waals surface area contributed by atoms with Gasteiger partial charge in [-0.2, -0.15) is 11.8 Å². The molecule has 0 atom stereocenters. The van der Waals surface area contributed by atoms with E-state index in [1.54, 1.807) is 23.9 Å². The number of carbonyl (C=O) groups is 1. The summed E-state index contributed by atoms with van der Waals surface area (Å²) in [5, 5.41) is 3.36. The Morgan fingerprint density at radius 2 is 1.88 bits per heavy atom. The Labute approximate surface area is 151 Å². The number of aryl methyl sites for hydroxylation is 3. The summed E-state index contributed by atoms with van der Waals surface area (Å²) >= 11 is 7.54. The molecule has 24 heavy (non-hydrogen) atoms. The Kier molecular flexibility index (Phi) is 6.69. The Balaban J connectivity index is 1.82. The van der Waals surface area contributed by atoms with E-state index in [0.717, 1.165) is 11.1 Å². The van der Waals surface area contributed by atoms with Crippen LogP contribution < -0.4 is 5.32 Å². The molecule has 2 aromatic rings. The van der Waals surface area contributed by atoms with Gasteiger partial charge in [0.15, 0.2) is 0 Å². The molecule has 1 amide bonds. The smallest absolute Gasteiger partial charge is 0.251 e. The highest BCUT2D eigenvalue weighted by Crippen LogP contribution is 2.23. The fourth-order valence-electron chi connectivity index (χ4n) is 2.38. The predicted octanol–water partition coefficient (Wildman–Crippen LogP) is 5.07. The van der Waals surface area contributed by atoms with Crippen LogP contribution in [-0.2, 0) is 5.75 Å². The molecule has 0 saturated heterocycles. The van der Waals surface area contributed by atoms with Crippen molar-refractivity contribution in [2.75, 3.05) is 12.3 Å². The first kappa shape index (κ1) is 18.8. The second-order valence-corrected chi connectivity index (χ2v) is 7.27. The van der Waals surface area contributed by atoms with Crippen LogP contribution in [0.25, 0.3) is 0 Å². The largest absolute Gasteiger partial charge is 0.351 e. The van der Waals surface area contributed by atoms with Crippen LogP contribution in [0, 0.1) is 26.6 Å². The van der Waals surface area contributed by atoms with Crippen molar-refractivity contribution in [2.24, 2.45) is 0 Å². The standard InChI is InChI=1S/C19H21ClFNOS/c1-12-9-14(3)15(10-13(12)2)19(23)22-7-8-24-11-16-17(20)5-4-6-18(16)21/h4-6,9-10H,7-8,11H2,1-3H3,(H,22,23). The highest BCUT2D eigenvalue weighted by atomic mass is 35.5. The van der Waals surface area contributed by atoms with Gasteiger partial charge in [-0.15, -0.1) is 0 Å². The molecular formula is C19H21ClFNOS. The quantitative estimate of drug-likeness (QED) is 0.724. The molecule has 5 heteroatoms. The van der Waals surface area contributed by atoms with Crippen LogP contribution in [0.1, 0.15) is 32.6 Å². The van der Waals surface area contributed by atoms with E-state index < -0.39 is 0 Å². The van der Waals surface area contributed by atoms with Crippen LogP contribution in [-0.4, -0.2) is 18.2 Å². The third kappa shape index (κ3) is 4.74. The third-order valence-corrected chi connectivity index (χ3v) is 5.27. The minimum absolute atomic E-state index is 0.0693. The summed E-state index contributed by atoms with van der Waals surface area (Å²) in [7, 11) is 0. The van der Waals surface area contributed by atoms with Gasteiger partial charge in [0, 0.05) is 34.2 Å². The average molecular weight is 366 g/mol. The van der Waals surface area contributed by atoms with Gasteiger partial charge in [-0.05, 0) is 55.7 Å². The Hall–Kier alpha value is -1.52. The maximum absolute atomic E-state index is 13.7. The summed E-state index contributed by atoms with van der Waals surface area (Å²) in [5.41, 5.74) is 4.48. The first-order valence-corrected chi connectivity index (χ1v) is 9.30. The molecule has 0 aliphatic heterocycles. The van der Waals surface area contributed by atoms with Crippen LogP contribution in [0.2, 0.25) is 5.02 Å². The van der Waals surface area contributed by atoms with Gasteiger partial charge < -0.3 is 5.32 Å². The Morgan fingerprint density at radius 3 is 2.58 bits per heavy atom. The van der Waals surface area contributed by atoms with Crippen molar-refractivity contribution in [3.8, 4) is 0 Å². The second kappa shape index (κ2) is 8.54. The van der Waals surface area contributed by atoms with Crippen LogP contribution in [0.3, 0.4) is 0 Å². The lowest BCUT2D eigenvalue weighted by atomic mass is 10.0. The van der Waals surface area contributed by atoms with Gasteiger partial charge in [0.05, 0.1) is 0 Å². The third-order valence-electron chi connectivity index (χ3n) is 3.93. The van der Waals surface area contributed by atoms with Gasteiger partial charge >= 0.3 is 0 Å². The van der Waals surface area contributed by atoms with E-state index in [-0.39, 0.29) is 11.7 Å². The highest BCUT2D eigenvalue weighted by Gasteiger charge is 2.10. The van der Waals surface area contributed by atoms with Crippen molar-refractivity contribution >= 4 is 29.3 Å². The molecule has 0 aliphatic rings. The van der Waals surface area contributed by atoms with E-state index >= 15 is 0 Å². The molecule has 0 unspecified atom stereocenters. The zero-order valence-corrected chi connectivity index (χ0v) is 15.7. The first-order valence-electron chi connectivity index (χ1n) is 7.77. The van der Waals surface area contributed by atoms with Gasteiger partial charge in [0.1, 0.15) is 5.82 Å². The number of halogens is 2. The van der Waals surface area contributed by atoms with Gasteiger partial charge in [-0.25, -0.2) is 4.39 Å². The molecule has 0 bridgehead atoms. The van der Waals surface area contributed by atoms with Crippen LogP contribution in [0.5, 0.6) is 0 Å². The molecule has 0 aliphatic carbocycles. The van der Waals surface area contributed by atoms with Crippen molar-refractivity contribution in [3.05, 3.63) is 69.0 Å². The van der Waals surface area contributed by atoms with E-state index in [1.807, 2.05) is 32.9 Å². The van der Waals surface area contributed by atoms with Crippen LogP contribution in [0.4, 0.5) is 4.39 Å². The van der Waals surface area contributed by atoms with E-state index in [1.165, 1.54) is 11.6 Å².